The second kappa shape index (κ2) is 4.98. The van der Waals surface area contributed by atoms with E-state index in [1.807, 2.05) is 32.2 Å². The lowest BCUT2D eigenvalue weighted by Crippen LogP contribution is -2.22. The molecule has 0 unspecified atom stereocenters. The number of carbonyl (C=O) groups is 1. The van der Waals surface area contributed by atoms with E-state index in [0.29, 0.717) is 6.54 Å². The highest BCUT2D eigenvalue weighted by Crippen LogP contribution is 2.38. The van der Waals surface area contributed by atoms with Crippen LogP contribution in [0.3, 0.4) is 0 Å². The highest BCUT2D eigenvalue weighted by Gasteiger charge is 2.38. The van der Waals surface area contributed by atoms with Gasteiger partial charge in [-0.2, -0.15) is 0 Å². The molecule has 2 rings (SSSR count). The summed E-state index contributed by atoms with van der Waals surface area (Å²) in [6, 6.07) is 5.85. The molecule has 1 aromatic rings. The summed E-state index contributed by atoms with van der Waals surface area (Å²) in [4.78, 5) is 13.4. The van der Waals surface area contributed by atoms with Gasteiger partial charge in [0.25, 0.3) is 0 Å². The molecule has 1 aromatic carbocycles. The van der Waals surface area contributed by atoms with Gasteiger partial charge in [-0.3, -0.25) is 4.79 Å². The first kappa shape index (κ1) is 12.9. The summed E-state index contributed by atoms with van der Waals surface area (Å²) in [5, 5.41) is 9.35. The van der Waals surface area contributed by atoms with E-state index in [0.717, 1.165) is 23.4 Å². The molecule has 1 aliphatic rings. The molecule has 18 heavy (non-hydrogen) atoms. The van der Waals surface area contributed by atoms with Crippen LogP contribution >= 0.6 is 0 Å². The molecule has 0 bridgehead atoms. The Kier molecular flexibility index (Phi) is 3.57. The minimum atomic E-state index is -0.727. The fourth-order valence-corrected chi connectivity index (χ4v) is 2.85. The summed E-state index contributed by atoms with van der Waals surface area (Å²) in [7, 11) is 3.59. The largest absolute Gasteiger partial charge is 0.496 e. The molecule has 0 saturated carbocycles. The molecular formula is C14H19NO3. The Balaban J connectivity index is 2.44. The van der Waals surface area contributed by atoms with Crippen LogP contribution in [0.15, 0.2) is 18.2 Å². The number of nitrogens with zero attached hydrogens (tertiary/aromatic N) is 1. The minimum Gasteiger partial charge on any atom is -0.496 e. The van der Waals surface area contributed by atoms with Gasteiger partial charge in [-0.1, -0.05) is 12.1 Å². The quantitative estimate of drug-likeness (QED) is 0.886. The molecule has 1 fully saturated rings. The third-order valence-corrected chi connectivity index (χ3v) is 3.69. The molecule has 98 valence electrons. The van der Waals surface area contributed by atoms with Crippen molar-refractivity contribution in [3.8, 4) is 5.75 Å². The lowest BCUT2D eigenvalue weighted by molar-refractivity contribution is -0.141. The van der Waals surface area contributed by atoms with E-state index in [-0.39, 0.29) is 11.8 Å². The Morgan fingerprint density at radius 2 is 2.17 bits per heavy atom. The Labute approximate surface area is 107 Å². The summed E-state index contributed by atoms with van der Waals surface area (Å²) >= 11 is 0. The molecule has 4 heteroatoms. The average Bonchev–Trinajstić information content (AvgIpc) is 2.70. The number of aryl methyl sites for hydroxylation is 1. The molecule has 2 atom stereocenters. The van der Waals surface area contributed by atoms with Gasteiger partial charge in [0.2, 0.25) is 0 Å². The van der Waals surface area contributed by atoms with Crippen LogP contribution in [0.1, 0.15) is 17.0 Å². The van der Waals surface area contributed by atoms with Crippen LogP contribution in [0.25, 0.3) is 0 Å². The number of likely N-dealkylation sites (tertiary alicyclic amines) is 1. The molecule has 1 N–H and O–H groups in total. The Hall–Kier alpha value is -1.55. The summed E-state index contributed by atoms with van der Waals surface area (Å²) in [5.41, 5.74) is 2.14. The Bertz CT molecular complexity index is 458. The van der Waals surface area contributed by atoms with Gasteiger partial charge in [-0.15, -0.1) is 0 Å². The number of ether oxygens (including phenoxy) is 1. The molecule has 1 heterocycles. The van der Waals surface area contributed by atoms with Crippen LogP contribution < -0.4 is 4.74 Å². The molecule has 0 aliphatic carbocycles. The number of hydrogen-bond donors (Lipinski definition) is 1. The number of rotatable bonds is 3. The second-order valence-electron chi connectivity index (χ2n) is 4.96. The number of carboxylic acid groups (broad SMARTS) is 1. The Morgan fingerprint density at radius 1 is 1.44 bits per heavy atom. The molecule has 0 spiro atoms. The summed E-state index contributed by atoms with van der Waals surface area (Å²) in [6.07, 6.45) is 0. The van der Waals surface area contributed by atoms with Gasteiger partial charge in [0.15, 0.2) is 0 Å². The number of aliphatic carboxylic acids is 1. The van der Waals surface area contributed by atoms with E-state index < -0.39 is 5.97 Å². The normalized spacial score (nSPS) is 24.2. The third-order valence-electron chi connectivity index (χ3n) is 3.69. The van der Waals surface area contributed by atoms with E-state index in [9.17, 15) is 9.90 Å². The van der Waals surface area contributed by atoms with Gasteiger partial charge in [0, 0.05) is 24.6 Å². The first-order valence-corrected chi connectivity index (χ1v) is 6.09. The molecule has 0 aromatic heterocycles. The van der Waals surface area contributed by atoms with Crippen LogP contribution in [0, 0.1) is 12.8 Å². The zero-order chi connectivity index (χ0) is 13.3. The second-order valence-corrected chi connectivity index (χ2v) is 4.96. The van der Waals surface area contributed by atoms with Crippen molar-refractivity contribution in [1.82, 2.24) is 4.90 Å². The molecule has 0 radical (unpaired) electrons. The molecule has 1 saturated heterocycles. The van der Waals surface area contributed by atoms with Gasteiger partial charge >= 0.3 is 5.97 Å². The van der Waals surface area contributed by atoms with Crippen LogP contribution in [0.5, 0.6) is 5.75 Å². The fourth-order valence-electron chi connectivity index (χ4n) is 2.85. The topological polar surface area (TPSA) is 49.8 Å². The number of hydrogen-bond acceptors (Lipinski definition) is 3. The van der Waals surface area contributed by atoms with Gasteiger partial charge in [-0.05, 0) is 25.6 Å². The van der Waals surface area contributed by atoms with Crippen LogP contribution in [-0.4, -0.2) is 43.2 Å². The Morgan fingerprint density at radius 3 is 2.78 bits per heavy atom. The standard InChI is InChI=1S/C14H19NO3/c1-9-5-4-6-12(18-3)13(9)10-7-15(2)8-11(10)14(16)17/h4-6,10-11H,7-8H2,1-3H3,(H,16,17)/t10-,11+/m1/s1. The van der Waals surface area contributed by atoms with Crippen molar-refractivity contribution in [3.63, 3.8) is 0 Å². The van der Waals surface area contributed by atoms with Crippen LogP contribution in [0.4, 0.5) is 0 Å². The van der Waals surface area contributed by atoms with Crippen molar-refractivity contribution >= 4 is 5.97 Å². The fraction of sp³-hybridized carbons (Fsp3) is 0.500. The maximum atomic E-state index is 11.4. The molecular weight excluding hydrogens is 230 g/mol. The highest BCUT2D eigenvalue weighted by atomic mass is 16.5. The van der Waals surface area contributed by atoms with Crippen molar-refractivity contribution in [3.05, 3.63) is 29.3 Å². The van der Waals surface area contributed by atoms with Crippen molar-refractivity contribution < 1.29 is 14.6 Å². The van der Waals surface area contributed by atoms with Crippen molar-refractivity contribution in [1.29, 1.82) is 0 Å². The smallest absolute Gasteiger partial charge is 0.308 e. The first-order chi connectivity index (χ1) is 8.54. The average molecular weight is 249 g/mol. The molecule has 0 amide bonds. The van der Waals surface area contributed by atoms with Gasteiger partial charge in [0.05, 0.1) is 13.0 Å². The molecule has 1 aliphatic heterocycles. The van der Waals surface area contributed by atoms with E-state index >= 15 is 0 Å². The number of benzene rings is 1. The van der Waals surface area contributed by atoms with Crippen molar-refractivity contribution in [2.24, 2.45) is 5.92 Å². The first-order valence-electron chi connectivity index (χ1n) is 6.09. The third kappa shape index (κ3) is 2.20. The van der Waals surface area contributed by atoms with E-state index in [1.165, 1.54) is 0 Å². The lowest BCUT2D eigenvalue weighted by atomic mass is 9.86. The predicted molar refractivity (Wildman–Crippen MR) is 69.1 cm³/mol. The number of carboxylic acids is 1. The minimum absolute atomic E-state index is 0.00338. The monoisotopic (exact) mass is 249 g/mol. The van der Waals surface area contributed by atoms with Crippen LogP contribution in [-0.2, 0) is 4.79 Å². The zero-order valence-corrected chi connectivity index (χ0v) is 11.0. The number of likely N-dealkylation sites (N-methyl/N-ethyl adjacent to an activating group) is 1. The summed E-state index contributed by atoms with van der Waals surface area (Å²) < 4.78 is 5.39. The number of methoxy groups -OCH3 is 1. The SMILES string of the molecule is COc1cccc(C)c1[C@@H]1CN(C)C[C@@H]1C(=O)O. The van der Waals surface area contributed by atoms with Crippen molar-refractivity contribution in [2.45, 2.75) is 12.8 Å². The molecule has 4 nitrogen and oxygen atoms in total. The summed E-state index contributed by atoms with van der Waals surface area (Å²) in [5.74, 6) is -0.287. The summed E-state index contributed by atoms with van der Waals surface area (Å²) in [6.45, 7) is 3.37. The van der Waals surface area contributed by atoms with Crippen LogP contribution in [0.2, 0.25) is 0 Å². The predicted octanol–water partition coefficient (Wildman–Crippen LogP) is 1.73. The maximum absolute atomic E-state index is 11.4. The zero-order valence-electron chi connectivity index (χ0n) is 11.0. The van der Waals surface area contributed by atoms with Gasteiger partial charge < -0.3 is 14.7 Å². The lowest BCUT2D eigenvalue weighted by Gasteiger charge is -2.20. The maximum Gasteiger partial charge on any atom is 0.308 e. The van der Waals surface area contributed by atoms with Gasteiger partial charge in [-0.25, -0.2) is 0 Å². The van der Waals surface area contributed by atoms with E-state index in [2.05, 4.69) is 4.90 Å². The highest BCUT2D eigenvalue weighted by molar-refractivity contribution is 5.73. The van der Waals surface area contributed by atoms with E-state index in [4.69, 9.17) is 4.74 Å². The van der Waals surface area contributed by atoms with Gasteiger partial charge in [0.1, 0.15) is 5.75 Å². The van der Waals surface area contributed by atoms with E-state index in [1.54, 1.807) is 7.11 Å². The van der Waals surface area contributed by atoms with Crippen molar-refractivity contribution in [2.75, 3.05) is 27.2 Å².